The third-order valence-electron chi connectivity index (χ3n) is 4.95. The van der Waals surface area contributed by atoms with Crippen molar-refractivity contribution >= 4 is 16.0 Å². The van der Waals surface area contributed by atoms with E-state index < -0.39 is 22.1 Å². The summed E-state index contributed by atoms with van der Waals surface area (Å²) in [7, 11) is -3.47. The second-order valence-corrected chi connectivity index (χ2v) is 9.46. The Labute approximate surface area is 179 Å². The number of aliphatic hydroxyl groups is 1. The van der Waals surface area contributed by atoms with Crippen LogP contribution in [0.15, 0.2) is 48.5 Å². The van der Waals surface area contributed by atoms with E-state index in [4.69, 9.17) is 5.11 Å². The molecule has 2 aromatic carbocycles. The second kappa shape index (κ2) is 11.8. The number of carbonyl (C=O) groups is 1. The second-order valence-electron chi connectivity index (χ2n) is 7.53. The molecule has 0 fully saturated rings. The first-order valence-electron chi connectivity index (χ1n) is 10.3. The molecule has 0 amide bonds. The Bertz CT molecular complexity index is 909. The van der Waals surface area contributed by atoms with Crippen LogP contribution in [0.5, 0.6) is 0 Å². The molecule has 7 heteroatoms. The summed E-state index contributed by atoms with van der Waals surface area (Å²) < 4.78 is 27.2. The van der Waals surface area contributed by atoms with Crippen molar-refractivity contribution in [3.8, 4) is 0 Å². The fourth-order valence-corrected chi connectivity index (χ4v) is 4.24. The van der Waals surface area contributed by atoms with E-state index in [9.17, 15) is 18.3 Å². The lowest BCUT2D eigenvalue weighted by molar-refractivity contribution is -0.136. The molecule has 0 aromatic heterocycles. The van der Waals surface area contributed by atoms with Gasteiger partial charge in [-0.1, -0.05) is 74.7 Å². The average Bonchev–Trinajstić information content (AvgIpc) is 2.71. The molecule has 0 radical (unpaired) electrons. The molecule has 0 saturated heterocycles. The number of sulfonamides is 1. The third kappa shape index (κ3) is 8.65. The molecule has 0 aliphatic heterocycles. The van der Waals surface area contributed by atoms with Crippen LogP contribution in [0.2, 0.25) is 0 Å². The Kier molecular flexibility index (Phi) is 9.49. The van der Waals surface area contributed by atoms with Crippen molar-refractivity contribution in [2.75, 3.05) is 5.75 Å². The molecule has 0 spiro atoms. The van der Waals surface area contributed by atoms with E-state index in [2.05, 4.69) is 11.6 Å². The fourth-order valence-electron chi connectivity index (χ4n) is 3.20. The molecular weight excluding hydrogens is 402 g/mol. The van der Waals surface area contributed by atoms with Crippen LogP contribution in [0.4, 0.5) is 0 Å². The molecule has 3 N–H and O–H groups in total. The van der Waals surface area contributed by atoms with E-state index in [1.807, 2.05) is 24.3 Å². The van der Waals surface area contributed by atoms with Crippen LogP contribution >= 0.6 is 0 Å². The van der Waals surface area contributed by atoms with E-state index in [-0.39, 0.29) is 18.7 Å². The number of carboxylic acid groups (broad SMARTS) is 1. The first-order chi connectivity index (χ1) is 14.3. The highest BCUT2D eigenvalue weighted by Crippen LogP contribution is 2.20. The monoisotopic (exact) mass is 433 g/mol. The standard InChI is InChI=1S/C23H31NO5S/c1-2-3-4-8-22(25)21-11-9-18(10-12-21)13-14-30(28,29)24-17-20-7-5-6-19(15-20)16-23(26)27/h5-7,9-12,15,22,24-25H,2-4,8,13-14,16-17H2,1H3,(H,26,27). The summed E-state index contributed by atoms with van der Waals surface area (Å²) in [5.74, 6) is -0.965. The molecule has 164 valence electrons. The topological polar surface area (TPSA) is 104 Å². The van der Waals surface area contributed by atoms with Gasteiger partial charge in [-0.25, -0.2) is 13.1 Å². The minimum atomic E-state index is -3.47. The van der Waals surface area contributed by atoms with Gasteiger partial charge in [0, 0.05) is 6.54 Å². The van der Waals surface area contributed by atoms with Gasteiger partial charge in [-0.15, -0.1) is 0 Å². The molecule has 0 heterocycles. The van der Waals surface area contributed by atoms with E-state index in [1.165, 1.54) is 0 Å². The van der Waals surface area contributed by atoms with Crippen molar-refractivity contribution < 1.29 is 23.4 Å². The highest BCUT2D eigenvalue weighted by atomic mass is 32.2. The summed E-state index contributed by atoms with van der Waals surface area (Å²) in [6.45, 7) is 2.25. The first-order valence-corrected chi connectivity index (χ1v) is 12.0. The van der Waals surface area contributed by atoms with Gasteiger partial charge in [0.25, 0.3) is 0 Å². The first kappa shape index (κ1) is 24.1. The zero-order valence-corrected chi connectivity index (χ0v) is 18.2. The van der Waals surface area contributed by atoms with Crippen LogP contribution in [-0.2, 0) is 34.2 Å². The van der Waals surface area contributed by atoms with Crippen molar-refractivity contribution in [2.24, 2.45) is 0 Å². The summed E-state index contributed by atoms with van der Waals surface area (Å²) in [5, 5.41) is 19.1. The number of unbranched alkanes of at least 4 members (excludes halogenated alkanes) is 2. The Morgan fingerprint density at radius 1 is 1.03 bits per heavy atom. The van der Waals surface area contributed by atoms with Crippen molar-refractivity contribution in [2.45, 2.75) is 58.1 Å². The van der Waals surface area contributed by atoms with E-state index in [1.54, 1.807) is 24.3 Å². The average molecular weight is 434 g/mol. The number of aliphatic hydroxyl groups excluding tert-OH is 1. The number of hydrogen-bond acceptors (Lipinski definition) is 4. The largest absolute Gasteiger partial charge is 0.481 e. The van der Waals surface area contributed by atoms with Gasteiger partial charge in [-0.05, 0) is 35.1 Å². The van der Waals surface area contributed by atoms with Gasteiger partial charge in [-0.2, -0.15) is 0 Å². The maximum Gasteiger partial charge on any atom is 0.307 e. The van der Waals surface area contributed by atoms with Crippen molar-refractivity contribution in [3.63, 3.8) is 0 Å². The normalized spacial score (nSPS) is 12.6. The van der Waals surface area contributed by atoms with Crippen LogP contribution in [-0.4, -0.2) is 30.4 Å². The molecule has 0 bridgehead atoms. The van der Waals surface area contributed by atoms with Crippen LogP contribution < -0.4 is 4.72 Å². The van der Waals surface area contributed by atoms with Gasteiger partial charge in [0.05, 0.1) is 18.3 Å². The molecule has 2 aromatic rings. The van der Waals surface area contributed by atoms with E-state index in [0.29, 0.717) is 12.0 Å². The number of nitrogens with one attached hydrogen (secondary N) is 1. The molecule has 30 heavy (non-hydrogen) atoms. The van der Waals surface area contributed by atoms with Crippen LogP contribution in [0.3, 0.4) is 0 Å². The lowest BCUT2D eigenvalue weighted by Gasteiger charge is -2.12. The van der Waals surface area contributed by atoms with Crippen molar-refractivity contribution in [3.05, 3.63) is 70.8 Å². The lowest BCUT2D eigenvalue weighted by Crippen LogP contribution is -2.27. The quantitative estimate of drug-likeness (QED) is 0.419. The molecule has 0 saturated carbocycles. The molecule has 0 aliphatic carbocycles. The summed E-state index contributed by atoms with van der Waals surface area (Å²) in [6.07, 6.45) is 3.74. The number of aryl methyl sites for hydroxylation is 1. The Morgan fingerprint density at radius 3 is 2.40 bits per heavy atom. The Hall–Kier alpha value is -2.22. The zero-order valence-electron chi connectivity index (χ0n) is 17.4. The molecule has 6 nitrogen and oxygen atoms in total. The summed E-state index contributed by atoms with van der Waals surface area (Å²) in [4.78, 5) is 10.8. The van der Waals surface area contributed by atoms with Crippen LogP contribution in [0, 0.1) is 0 Å². The highest BCUT2D eigenvalue weighted by Gasteiger charge is 2.12. The van der Waals surface area contributed by atoms with Gasteiger partial charge in [0.2, 0.25) is 10.0 Å². The smallest absolute Gasteiger partial charge is 0.307 e. The van der Waals surface area contributed by atoms with E-state index in [0.717, 1.165) is 42.4 Å². The van der Waals surface area contributed by atoms with Crippen LogP contribution in [0.25, 0.3) is 0 Å². The maximum atomic E-state index is 12.3. The zero-order chi connectivity index (χ0) is 22.0. The molecule has 1 unspecified atom stereocenters. The number of benzene rings is 2. The van der Waals surface area contributed by atoms with Gasteiger partial charge in [0.1, 0.15) is 0 Å². The minimum Gasteiger partial charge on any atom is -0.481 e. The van der Waals surface area contributed by atoms with Gasteiger partial charge in [0.15, 0.2) is 0 Å². The summed E-state index contributed by atoms with van der Waals surface area (Å²) in [5.41, 5.74) is 3.11. The molecular formula is C23H31NO5S. The molecule has 2 rings (SSSR count). The number of aliphatic carboxylic acids is 1. The SMILES string of the molecule is CCCCCC(O)c1ccc(CCS(=O)(=O)NCc2cccc(CC(=O)O)c2)cc1. The number of carboxylic acids is 1. The molecule has 0 aliphatic rings. The predicted molar refractivity (Wildman–Crippen MR) is 118 cm³/mol. The number of hydrogen-bond donors (Lipinski definition) is 3. The fraction of sp³-hybridized carbons (Fsp3) is 0.435. The lowest BCUT2D eigenvalue weighted by atomic mass is 10.0. The minimum absolute atomic E-state index is 0.0415. The van der Waals surface area contributed by atoms with Gasteiger partial charge < -0.3 is 10.2 Å². The molecule has 1 atom stereocenters. The Morgan fingerprint density at radius 2 is 1.73 bits per heavy atom. The van der Waals surface area contributed by atoms with Crippen molar-refractivity contribution in [1.82, 2.24) is 4.72 Å². The summed E-state index contributed by atoms with van der Waals surface area (Å²) in [6, 6.07) is 14.3. The van der Waals surface area contributed by atoms with E-state index >= 15 is 0 Å². The summed E-state index contributed by atoms with van der Waals surface area (Å²) >= 11 is 0. The third-order valence-corrected chi connectivity index (χ3v) is 6.27. The predicted octanol–water partition coefficient (Wildman–Crippen LogP) is 3.59. The highest BCUT2D eigenvalue weighted by molar-refractivity contribution is 7.89. The Balaban J connectivity index is 1.84. The van der Waals surface area contributed by atoms with Crippen LogP contribution in [0.1, 0.15) is 61.0 Å². The van der Waals surface area contributed by atoms with Crippen molar-refractivity contribution in [1.29, 1.82) is 0 Å². The van der Waals surface area contributed by atoms with Gasteiger partial charge in [-0.3, -0.25) is 4.79 Å². The maximum absolute atomic E-state index is 12.3. The van der Waals surface area contributed by atoms with Gasteiger partial charge >= 0.3 is 5.97 Å². The number of rotatable bonds is 13.